The smallest absolute Gasteiger partial charge is 0.267 e. The average molecular weight is 299 g/mol. The maximum atomic E-state index is 11.1. The number of rotatable bonds is 6. The molecule has 0 spiro atoms. The Morgan fingerprint density at radius 3 is 2.68 bits per heavy atom. The first kappa shape index (κ1) is 15.6. The Labute approximate surface area is 128 Å². The normalized spacial score (nSPS) is 10.5. The van der Waals surface area contributed by atoms with Crippen molar-refractivity contribution in [3.8, 4) is 11.5 Å². The van der Waals surface area contributed by atoms with Crippen LogP contribution in [0.3, 0.4) is 0 Å². The maximum absolute atomic E-state index is 11.1. The summed E-state index contributed by atoms with van der Waals surface area (Å²) in [4.78, 5) is 11.1. The molecule has 0 aliphatic carbocycles. The zero-order valence-electron chi connectivity index (χ0n) is 12.2. The maximum Gasteiger partial charge on any atom is 0.267 e. The number of hydrogen-bond acceptors (Lipinski definition) is 4. The van der Waals surface area contributed by atoms with Crippen molar-refractivity contribution in [3.63, 3.8) is 0 Å². The third-order valence-corrected chi connectivity index (χ3v) is 2.98. The van der Waals surface area contributed by atoms with Crippen LogP contribution in [0.2, 0.25) is 0 Å². The summed E-state index contributed by atoms with van der Waals surface area (Å²) in [5, 5.41) is 8.51. The van der Waals surface area contributed by atoms with E-state index in [1.165, 1.54) is 6.08 Å². The molecule has 5 heteroatoms. The van der Waals surface area contributed by atoms with Crippen LogP contribution in [0.5, 0.6) is 11.5 Å². The Balaban J connectivity index is 2.19. The summed E-state index contributed by atoms with van der Waals surface area (Å²) in [6.45, 7) is 0.404. The van der Waals surface area contributed by atoms with Gasteiger partial charge in [-0.05, 0) is 23.8 Å². The standard InChI is InChI=1S/C17H17NO4/c1-21-15-9-7-14(8-10-17(19)18-20)16(11-15)22-12-13-5-3-2-4-6-13/h2-11,20H,12H2,1H3,(H,18,19)/b10-8+. The summed E-state index contributed by atoms with van der Waals surface area (Å²) >= 11 is 0. The van der Waals surface area contributed by atoms with Gasteiger partial charge in [-0.25, -0.2) is 5.48 Å². The molecule has 0 aromatic heterocycles. The lowest BCUT2D eigenvalue weighted by Gasteiger charge is -2.11. The molecular formula is C17H17NO4. The van der Waals surface area contributed by atoms with Crippen molar-refractivity contribution in [1.82, 2.24) is 5.48 Å². The molecule has 0 saturated carbocycles. The van der Waals surface area contributed by atoms with E-state index >= 15 is 0 Å². The molecule has 0 aliphatic heterocycles. The predicted molar refractivity (Wildman–Crippen MR) is 82.7 cm³/mol. The van der Waals surface area contributed by atoms with Gasteiger partial charge in [0.15, 0.2) is 0 Å². The van der Waals surface area contributed by atoms with E-state index in [1.807, 2.05) is 30.3 Å². The quantitative estimate of drug-likeness (QED) is 0.489. The number of nitrogens with one attached hydrogen (secondary N) is 1. The zero-order chi connectivity index (χ0) is 15.8. The van der Waals surface area contributed by atoms with Gasteiger partial charge < -0.3 is 9.47 Å². The highest BCUT2D eigenvalue weighted by atomic mass is 16.5. The highest BCUT2D eigenvalue weighted by Crippen LogP contribution is 2.26. The number of hydroxylamine groups is 1. The fourth-order valence-electron chi connectivity index (χ4n) is 1.84. The van der Waals surface area contributed by atoms with Crippen LogP contribution in [0.1, 0.15) is 11.1 Å². The van der Waals surface area contributed by atoms with E-state index in [0.717, 1.165) is 5.56 Å². The molecule has 0 unspecified atom stereocenters. The third kappa shape index (κ3) is 4.36. The number of methoxy groups -OCH3 is 1. The van der Waals surface area contributed by atoms with Crippen LogP contribution in [0.15, 0.2) is 54.6 Å². The molecule has 0 aliphatic rings. The molecule has 2 aromatic carbocycles. The topological polar surface area (TPSA) is 67.8 Å². The van der Waals surface area contributed by atoms with Crippen LogP contribution in [0.25, 0.3) is 6.08 Å². The van der Waals surface area contributed by atoms with E-state index in [9.17, 15) is 4.79 Å². The SMILES string of the molecule is COc1ccc(/C=C/C(=O)NO)c(OCc2ccccc2)c1. The average Bonchev–Trinajstić information content (AvgIpc) is 2.58. The van der Waals surface area contributed by atoms with E-state index in [4.69, 9.17) is 14.7 Å². The van der Waals surface area contributed by atoms with Crippen LogP contribution in [0.4, 0.5) is 0 Å². The Morgan fingerprint density at radius 1 is 1.23 bits per heavy atom. The number of hydrogen-bond donors (Lipinski definition) is 2. The van der Waals surface area contributed by atoms with E-state index in [1.54, 1.807) is 36.9 Å². The molecule has 2 N–H and O–H groups in total. The van der Waals surface area contributed by atoms with E-state index in [0.29, 0.717) is 23.7 Å². The Bertz CT molecular complexity index is 653. The van der Waals surface area contributed by atoms with E-state index < -0.39 is 5.91 Å². The van der Waals surface area contributed by atoms with Crippen LogP contribution >= 0.6 is 0 Å². The summed E-state index contributed by atoms with van der Waals surface area (Å²) in [6, 6.07) is 15.1. The molecule has 1 amide bonds. The van der Waals surface area contributed by atoms with Crippen molar-refractivity contribution in [2.75, 3.05) is 7.11 Å². The molecule has 0 heterocycles. The second-order valence-electron chi connectivity index (χ2n) is 4.49. The van der Waals surface area contributed by atoms with Gasteiger partial charge in [-0.15, -0.1) is 0 Å². The van der Waals surface area contributed by atoms with Crippen molar-refractivity contribution in [1.29, 1.82) is 0 Å². The van der Waals surface area contributed by atoms with E-state index in [-0.39, 0.29) is 0 Å². The van der Waals surface area contributed by atoms with Crippen LogP contribution in [-0.2, 0) is 11.4 Å². The first-order valence-electron chi connectivity index (χ1n) is 6.70. The van der Waals surface area contributed by atoms with Gasteiger partial charge in [0.25, 0.3) is 5.91 Å². The van der Waals surface area contributed by atoms with Crippen molar-refractivity contribution in [3.05, 3.63) is 65.7 Å². The number of ether oxygens (including phenoxy) is 2. The number of carbonyl (C=O) groups excluding carboxylic acids is 1. The molecule has 22 heavy (non-hydrogen) atoms. The third-order valence-electron chi connectivity index (χ3n) is 2.98. The fourth-order valence-corrected chi connectivity index (χ4v) is 1.84. The zero-order valence-corrected chi connectivity index (χ0v) is 12.2. The van der Waals surface area contributed by atoms with Gasteiger partial charge >= 0.3 is 0 Å². The largest absolute Gasteiger partial charge is 0.497 e. The highest BCUT2D eigenvalue weighted by molar-refractivity contribution is 5.91. The van der Waals surface area contributed by atoms with Crippen LogP contribution in [-0.4, -0.2) is 18.2 Å². The second kappa shape index (κ2) is 7.85. The molecule has 2 rings (SSSR count). The molecule has 114 valence electrons. The number of amides is 1. The van der Waals surface area contributed by atoms with Crippen molar-refractivity contribution >= 4 is 12.0 Å². The van der Waals surface area contributed by atoms with E-state index in [2.05, 4.69) is 0 Å². The van der Waals surface area contributed by atoms with Crippen LogP contribution in [0, 0.1) is 0 Å². The minimum atomic E-state index is -0.607. The fraction of sp³-hybridized carbons (Fsp3) is 0.118. The Kier molecular flexibility index (Phi) is 5.57. The molecule has 0 radical (unpaired) electrons. The number of benzene rings is 2. The molecule has 0 bridgehead atoms. The molecule has 0 fully saturated rings. The highest BCUT2D eigenvalue weighted by Gasteiger charge is 2.05. The predicted octanol–water partition coefficient (Wildman–Crippen LogP) is 2.79. The monoisotopic (exact) mass is 299 g/mol. The van der Waals surface area contributed by atoms with Crippen LogP contribution < -0.4 is 15.0 Å². The Hall–Kier alpha value is -2.79. The van der Waals surface area contributed by atoms with Gasteiger partial charge in [0.2, 0.25) is 0 Å². The second-order valence-corrected chi connectivity index (χ2v) is 4.49. The molecule has 2 aromatic rings. The van der Waals surface area contributed by atoms with Crippen molar-refractivity contribution in [2.24, 2.45) is 0 Å². The van der Waals surface area contributed by atoms with Gasteiger partial charge in [0.05, 0.1) is 7.11 Å². The summed E-state index contributed by atoms with van der Waals surface area (Å²) in [6.07, 6.45) is 2.78. The molecule has 0 saturated heterocycles. The summed E-state index contributed by atoms with van der Waals surface area (Å²) in [5.41, 5.74) is 3.29. The molecule has 5 nitrogen and oxygen atoms in total. The summed E-state index contributed by atoms with van der Waals surface area (Å²) in [7, 11) is 1.57. The molecule has 0 atom stereocenters. The lowest BCUT2D eigenvalue weighted by Crippen LogP contribution is -2.14. The van der Waals surface area contributed by atoms with Crippen molar-refractivity contribution < 1.29 is 19.5 Å². The van der Waals surface area contributed by atoms with Crippen molar-refractivity contribution in [2.45, 2.75) is 6.61 Å². The van der Waals surface area contributed by atoms with Gasteiger partial charge in [-0.3, -0.25) is 10.0 Å². The minimum Gasteiger partial charge on any atom is -0.497 e. The first-order valence-corrected chi connectivity index (χ1v) is 6.70. The van der Waals surface area contributed by atoms with Gasteiger partial charge in [-0.2, -0.15) is 0 Å². The summed E-state index contributed by atoms with van der Waals surface area (Å²) < 4.78 is 11.0. The lowest BCUT2D eigenvalue weighted by molar-refractivity contribution is -0.124. The molecular weight excluding hydrogens is 282 g/mol. The van der Waals surface area contributed by atoms with Gasteiger partial charge in [0, 0.05) is 17.7 Å². The summed E-state index contributed by atoms with van der Waals surface area (Å²) in [5.74, 6) is 0.641. The lowest BCUT2D eigenvalue weighted by atomic mass is 10.1. The van der Waals surface area contributed by atoms with Gasteiger partial charge in [-0.1, -0.05) is 30.3 Å². The first-order chi connectivity index (χ1) is 10.7. The Morgan fingerprint density at radius 2 is 2.00 bits per heavy atom. The van der Waals surface area contributed by atoms with Gasteiger partial charge in [0.1, 0.15) is 18.1 Å². The minimum absolute atomic E-state index is 0.404. The number of carbonyl (C=O) groups is 1.